The Hall–Kier alpha value is -2.29. The first kappa shape index (κ1) is 22.0. The second-order valence-electron chi connectivity index (χ2n) is 7.89. The number of nitrogens with one attached hydrogen (secondary N) is 1. The molecule has 2 heterocycles. The zero-order valence-electron chi connectivity index (χ0n) is 17.8. The van der Waals surface area contributed by atoms with Crippen LogP contribution in [0.25, 0.3) is 0 Å². The summed E-state index contributed by atoms with van der Waals surface area (Å²) in [6.45, 7) is 14.0. The Morgan fingerprint density at radius 1 is 1.36 bits per heavy atom. The van der Waals surface area contributed by atoms with Crippen molar-refractivity contribution in [3.8, 4) is 0 Å². The highest BCUT2D eigenvalue weighted by Gasteiger charge is 2.21. The molecule has 1 aromatic heterocycles. The van der Waals surface area contributed by atoms with Crippen LogP contribution in [0.4, 0.5) is 4.79 Å². The molecule has 1 fully saturated rings. The standard InChI is InChI=1S/C19H34N6O3/c1-6-20-17(21-8-9-23(5)18(26)28-19(2,3)4)25-12-10-24(11-13-25)15-16-7-14-27-22-16/h7,14H,6,8-13,15H2,1-5H3,(H,20,21). The van der Waals surface area contributed by atoms with Gasteiger partial charge in [-0.2, -0.15) is 0 Å². The van der Waals surface area contributed by atoms with Crippen LogP contribution in [-0.4, -0.2) is 90.4 Å². The highest BCUT2D eigenvalue weighted by molar-refractivity contribution is 5.80. The second-order valence-corrected chi connectivity index (χ2v) is 7.89. The summed E-state index contributed by atoms with van der Waals surface area (Å²) in [4.78, 5) is 22.9. The molecule has 9 nitrogen and oxygen atoms in total. The quantitative estimate of drug-likeness (QED) is 0.580. The minimum absolute atomic E-state index is 0.325. The number of likely N-dealkylation sites (N-methyl/N-ethyl adjacent to an activating group) is 1. The van der Waals surface area contributed by atoms with Crippen molar-refractivity contribution in [2.45, 2.75) is 39.8 Å². The van der Waals surface area contributed by atoms with Crippen molar-refractivity contribution >= 4 is 12.1 Å². The third-order valence-electron chi connectivity index (χ3n) is 4.29. The first-order chi connectivity index (χ1) is 13.3. The first-order valence-electron chi connectivity index (χ1n) is 9.87. The normalized spacial score (nSPS) is 16.2. The zero-order valence-corrected chi connectivity index (χ0v) is 17.8. The Labute approximate surface area is 167 Å². The van der Waals surface area contributed by atoms with Gasteiger partial charge in [-0.1, -0.05) is 5.16 Å². The fraction of sp³-hybridized carbons (Fsp3) is 0.737. The minimum Gasteiger partial charge on any atom is -0.444 e. The Bertz CT molecular complexity index is 618. The van der Waals surface area contributed by atoms with E-state index >= 15 is 0 Å². The van der Waals surface area contributed by atoms with Crippen molar-refractivity contribution in [2.75, 3.05) is 52.9 Å². The van der Waals surface area contributed by atoms with Gasteiger partial charge in [0.05, 0.1) is 12.2 Å². The molecular weight excluding hydrogens is 360 g/mol. The lowest BCUT2D eigenvalue weighted by molar-refractivity contribution is 0.0304. The molecule has 9 heteroatoms. The molecular formula is C19H34N6O3. The predicted molar refractivity (Wildman–Crippen MR) is 108 cm³/mol. The molecule has 1 aliphatic heterocycles. The molecule has 1 amide bonds. The summed E-state index contributed by atoms with van der Waals surface area (Å²) in [6, 6.07) is 1.90. The Morgan fingerprint density at radius 3 is 2.64 bits per heavy atom. The average molecular weight is 395 g/mol. The van der Waals surface area contributed by atoms with Gasteiger partial charge in [0.2, 0.25) is 0 Å². The molecule has 2 rings (SSSR count). The van der Waals surface area contributed by atoms with Crippen molar-refractivity contribution in [3.63, 3.8) is 0 Å². The van der Waals surface area contributed by atoms with E-state index in [2.05, 4.69) is 27.2 Å². The topological polar surface area (TPSA) is 86.4 Å². The van der Waals surface area contributed by atoms with E-state index in [-0.39, 0.29) is 6.09 Å². The van der Waals surface area contributed by atoms with Crippen molar-refractivity contribution in [1.82, 2.24) is 25.2 Å². The summed E-state index contributed by atoms with van der Waals surface area (Å²) in [5.41, 5.74) is 0.467. The van der Waals surface area contributed by atoms with Crippen LogP contribution >= 0.6 is 0 Å². The monoisotopic (exact) mass is 394 g/mol. The van der Waals surface area contributed by atoms with Gasteiger partial charge in [-0.05, 0) is 27.7 Å². The number of nitrogens with zero attached hydrogens (tertiary/aromatic N) is 5. The third-order valence-corrected chi connectivity index (χ3v) is 4.29. The molecule has 1 N–H and O–H groups in total. The molecule has 0 bridgehead atoms. The van der Waals surface area contributed by atoms with Crippen LogP contribution in [0, 0.1) is 0 Å². The lowest BCUT2D eigenvalue weighted by atomic mass is 10.2. The van der Waals surface area contributed by atoms with Crippen molar-refractivity contribution in [1.29, 1.82) is 0 Å². The van der Waals surface area contributed by atoms with Crippen molar-refractivity contribution < 1.29 is 14.1 Å². The molecule has 0 unspecified atom stereocenters. The van der Waals surface area contributed by atoms with E-state index in [1.54, 1.807) is 18.2 Å². The first-order valence-corrected chi connectivity index (χ1v) is 9.87. The third kappa shape index (κ3) is 7.38. The van der Waals surface area contributed by atoms with Crippen molar-refractivity contribution in [2.24, 2.45) is 4.99 Å². The molecule has 0 radical (unpaired) electrons. The zero-order chi connectivity index (χ0) is 20.6. The number of amides is 1. The highest BCUT2D eigenvalue weighted by Crippen LogP contribution is 2.09. The molecule has 158 valence electrons. The van der Waals surface area contributed by atoms with E-state index in [0.717, 1.165) is 50.9 Å². The number of hydrogen-bond acceptors (Lipinski definition) is 6. The molecule has 0 atom stereocenters. The van der Waals surface area contributed by atoms with E-state index in [4.69, 9.17) is 14.3 Å². The summed E-state index contributed by atoms with van der Waals surface area (Å²) < 4.78 is 10.3. The Morgan fingerprint density at radius 2 is 2.07 bits per heavy atom. The number of ether oxygens (including phenoxy) is 1. The molecule has 0 spiro atoms. The molecule has 0 saturated carbocycles. The van der Waals surface area contributed by atoms with Crippen LogP contribution in [0.5, 0.6) is 0 Å². The van der Waals surface area contributed by atoms with Crippen LogP contribution < -0.4 is 5.32 Å². The van der Waals surface area contributed by atoms with Gasteiger partial charge in [-0.3, -0.25) is 9.89 Å². The number of carbonyl (C=O) groups excluding carboxylic acids is 1. The van der Waals surface area contributed by atoms with Gasteiger partial charge >= 0.3 is 6.09 Å². The molecule has 1 aliphatic rings. The fourth-order valence-corrected chi connectivity index (χ4v) is 2.83. The van der Waals surface area contributed by atoms with Gasteiger partial charge in [0.15, 0.2) is 5.96 Å². The Balaban J connectivity index is 1.81. The molecule has 28 heavy (non-hydrogen) atoms. The fourth-order valence-electron chi connectivity index (χ4n) is 2.83. The summed E-state index contributed by atoms with van der Waals surface area (Å²) >= 11 is 0. The van der Waals surface area contributed by atoms with Gasteiger partial charge in [-0.25, -0.2) is 4.79 Å². The van der Waals surface area contributed by atoms with Crippen LogP contribution in [0.15, 0.2) is 21.8 Å². The second kappa shape index (κ2) is 10.3. The lowest BCUT2D eigenvalue weighted by Crippen LogP contribution is -2.52. The van der Waals surface area contributed by atoms with Gasteiger partial charge in [0, 0.05) is 58.9 Å². The SMILES string of the molecule is CCNC(=NCCN(C)C(=O)OC(C)(C)C)N1CCN(Cc2ccon2)CC1. The van der Waals surface area contributed by atoms with E-state index in [1.165, 1.54) is 0 Å². The van der Waals surface area contributed by atoms with Gasteiger partial charge in [0.1, 0.15) is 11.9 Å². The molecule has 1 aromatic rings. The number of aromatic nitrogens is 1. The van der Waals surface area contributed by atoms with Crippen LogP contribution in [-0.2, 0) is 11.3 Å². The number of aliphatic imine (C=N–C) groups is 1. The van der Waals surface area contributed by atoms with Crippen LogP contribution in [0.3, 0.4) is 0 Å². The summed E-state index contributed by atoms with van der Waals surface area (Å²) in [6.07, 6.45) is 1.28. The molecule has 0 aliphatic carbocycles. The van der Waals surface area contributed by atoms with Crippen LogP contribution in [0.2, 0.25) is 0 Å². The summed E-state index contributed by atoms with van der Waals surface area (Å²) in [7, 11) is 1.74. The van der Waals surface area contributed by atoms with Gasteiger partial charge in [0.25, 0.3) is 0 Å². The van der Waals surface area contributed by atoms with Gasteiger partial charge in [-0.15, -0.1) is 0 Å². The largest absolute Gasteiger partial charge is 0.444 e. The summed E-state index contributed by atoms with van der Waals surface area (Å²) in [5.74, 6) is 0.890. The number of rotatable bonds is 6. The maximum atomic E-state index is 12.0. The maximum Gasteiger partial charge on any atom is 0.410 e. The van der Waals surface area contributed by atoms with E-state index in [9.17, 15) is 4.79 Å². The lowest BCUT2D eigenvalue weighted by Gasteiger charge is -2.36. The molecule has 1 saturated heterocycles. The number of guanidine groups is 1. The Kier molecular flexibility index (Phi) is 8.10. The van der Waals surface area contributed by atoms with E-state index < -0.39 is 5.60 Å². The van der Waals surface area contributed by atoms with Gasteiger partial charge < -0.3 is 24.4 Å². The maximum absolute atomic E-state index is 12.0. The summed E-state index contributed by atoms with van der Waals surface area (Å²) in [5, 5.41) is 7.33. The van der Waals surface area contributed by atoms with Crippen molar-refractivity contribution in [3.05, 3.63) is 18.0 Å². The van der Waals surface area contributed by atoms with E-state index in [0.29, 0.717) is 13.1 Å². The smallest absolute Gasteiger partial charge is 0.410 e. The van der Waals surface area contributed by atoms with Crippen LogP contribution in [0.1, 0.15) is 33.4 Å². The number of hydrogen-bond donors (Lipinski definition) is 1. The minimum atomic E-state index is -0.491. The number of carbonyl (C=O) groups is 1. The molecule has 0 aromatic carbocycles. The average Bonchev–Trinajstić information content (AvgIpc) is 3.13. The highest BCUT2D eigenvalue weighted by atomic mass is 16.6. The number of piperazine rings is 1. The van der Waals surface area contributed by atoms with E-state index in [1.807, 2.05) is 26.8 Å². The predicted octanol–water partition coefficient (Wildman–Crippen LogP) is 1.62.